The van der Waals surface area contributed by atoms with Crippen LogP contribution in [0, 0.1) is 0 Å². The van der Waals surface area contributed by atoms with Crippen LogP contribution in [0.4, 0.5) is 5.69 Å². The fourth-order valence-electron chi connectivity index (χ4n) is 3.21. The number of nitrogens with zero attached hydrogens (tertiary/aromatic N) is 2. The molecule has 0 spiro atoms. The zero-order valence-corrected chi connectivity index (χ0v) is 22.7. The summed E-state index contributed by atoms with van der Waals surface area (Å²) in [5, 5.41) is 2.89. The van der Waals surface area contributed by atoms with E-state index in [-0.39, 0.29) is 12.5 Å². The lowest BCUT2D eigenvalue weighted by molar-refractivity contribution is -0.140. The van der Waals surface area contributed by atoms with Crippen molar-refractivity contribution in [2.75, 3.05) is 24.2 Å². The zero-order chi connectivity index (χ0) is 25.7. The number of amides is 2. The summed E-state index contributed by atoms with van der Waals surface area (Å²) in [4.78, 5) is 27.8. The van der Waals surface area contributed by atoms with E-state index in [0.29, 0.717) is 11.4 Å². The van der Waals surface area contributed by atoms with Gasteiger partial charge in [0.1, 0.15) is 18.3 Å². The monoisotopic (exact) mass is 553 g/mol. The Morgan fingerprint density at radius 2 is 1.62 bits per heavy atom. The van der Waals surface area contributed by atoms with Crippen molar-refractivity contribution < 1.29 is 22.7 Å². The van der Waals surface area contributed by atoms with Crippen LogP contribution >= 0.6 is 15.9 Å². The molecule has 0 aliphatic heterocycles. The van der Waals surface area contributed by atoms with E-state index in [2.05, 4.69) is 21.2 Å². The van der Waals surface area contributed by atoms with Crippen molar-refractivity contribution >= 4 is 43.5 Å². The second-order valence-corrected chi connectivity index (χ2v) is 11.9. The number of benzene rings is 2. The Morgan fingerprint density at radius 3 is 2.09 bits per heavy atom. The van der Waals surface area contributed by atoms with E-state index in [1.165, 1.54) is 12.0 Å². The van der Waals surface area contributed by atoms with Crippen LogP contribution in [0.15, 0.2) is 53.0 Å². The fraction of sp³-hybridized carbons (Fsp3) is 0.417. The number of nitrogens with one attached hydrogen (secondary N) is 1. The summed E-state index contributed by atoms with van der Waals surface area (Å²) >= 11 is 3.39. The van der Waals surface area contributed by atoms with Crippen LogP contribution in [0.5, 0.6) is 5.75 Å². The molecule has 8 nitrogen and oxygen atoms in total. The molecule has 0 aromatic heterocycles. The van der Waals surface area contributed by atoms with Gasteiger partial charge < -0.3 is 15.0 Å². The summed E-state index contributed by atoms with van der Waals surface area (Å²) in [6.45, 7) is 6.89. The number of sulfonamides is 1. The number of hydrogen-bond donors (Lipinski definition) is 1. The first kappa shape index (κ1) is 27.7. The van der Waals surface area contributed by atoms with Gasteiger partial charge in [0, 0.05) is 16.6 Å². The van der Waals surface area contributed by atoms with Crippen LogP contribution in [0.3, 0.4) is 0 Å². The minimum atomic E-state index is -3.78. The van der Waals surface area contributed by atoms with Gasteiger partial charge in [-0.3, -0.25) is 13.9 Å². The van der Waals surface area contributed by atoms with Gasteiger partial charge in [0.2, 0.25) is 21.8 Å². The molecule has 2 rings (SSSR count). The molecule has 1 atom stereocenters. The lowest BCUT2D eigenvalue weighted by Gasteiger charge is -2.33. The number of carbonyl (C=O) groups is 2. The number of rotatable bonds is 9. The maximum Gasteiger partial charge on any atom is 0.244 e. The highest BCUT2D eigenvalue weighted by molar-refractivity contribution is 9.10. The topological polar surface area (TPSA) is 96.0 Å². The Morgan fingerprint density at radius 1 is 1.06 bits per heavy atom. The SMILES string of the molecule is COc1ccc(N(CC(=O)N(Cc2ccc(Br)cc2)C(C)C(=O)NC(C)(C)C)S(C)(=O)=O)cc1. The molecule has 0 fully saturated rings. The van der Waals surface area contributed by atoms with E-state index in [1.54, 1.807) is 31.2 Å². The quantitative estimate of drug-likeness (QED) is 0.512. The number of halogens is 1. The number of ether oxygens (including phenoxy) is 1. The highest BCUT2D eigenvalue weighted by Crippen LogP contribution is 2.22. The van der Waals surface area contributed by atoms with Crippen molar-refractivity contribution in [3.8, 4) is 5.75 Å². The van der Waals surface area contributed by atoms with Gasteiger partial charge in [-0.25, -0.2) is 8.42 Å². The molecule has 2 aromatic carbocycles. The van der Waals surface area contributed by atoms with Gasteiger partial charge in [-0.15, -0.1) is 0 Å². The third kappa shape index (κ3) is 8.02. The van der Waals surface area contributed by atoms with E-state index in [4.69, 9.17) is 4.74 Å². The predicted molar refractivity (Wildman–Crippen MR) is 137 cm³/mol. The Labute approximate surface area is 210 Å². The van der Waals surface area contributed by atoms with Gasteiger partial charge in [0.05, 0.1) is 19.1 Å². The minimum absolute atomic E-state index is 0.144. The van der Waals surface area contributed by atoms with Crippen molar-refractivity contribution in [2.45, 2.75) is 45.8 Å². The van der Waals surface area contributed by atoms with Crippen LogP contribution in [0.1, 0.15) is 33.3 Å². The molecule has 2 aromatic rings. The molecule has 0 bridgehead atoms. The molecule has 0 saturated carbocycles. The Bertz CT molecular complexity index is 1100. The highest BCUT2D eigenvalue weighted by Gasteiger charge is 2.31. The van der Waals surface area contributed by atoms with Gasteiger partial charge in [-0.05, 0) is 69.7 Å². The van der Waals surface area contributed by atoms with Gasteiger partial charge in [0.25, 0.3) is 0 Å². The first-order chi connectivity index (χ1) is 15.7. The van der Waals surface area contributed by atoms with Gasteiger partial charge in [0.15, 0.2) is 0 Å². The molecule has 0 radical (unpaired) electrons. The first-order valence-electron chi connectivity index (χ1n) is 10.7. The second kappa shape index (κ2) is 11.2. The van der Waals surface area contributed by atoms with Gasteiger partial charge in [-0.2, -0.15) is 0 Å². The molecular weight excluding hydrogens is 522 g/mol. The summed E-state index contributed by atoms with van der Waals surface area (Å²) < 4.78 is 32.2. The average molecular weight is 555 g/mol. The summed E-state index contributed by atoms with van der Waals surface area (Å²) in [6, 6.07) is 12.9. The van der Waals surface area contributed by atoms with Crippen molar-refractivity contribution in [2.24, 2.45) is 0 Å². The van der Waals surface area contributed by atoms with E-state index in [1.807, 2.05) is 45.0 Å². The molecule has 10 heteroatoms. The van der Waals surface area contributed by atoms with E-state index in [0.717, 1.165) is 20.6 Å². The maximum absolute atomic E-state index is 13.5. The molecule has 34 heavy (non-hydrogen) atoms. The van der Waals surface area contributed by atoms with Crippen molar-refractivity contribution in [3.63, 3.8) is 0 Å². The van der Waals surface area contributed by atoms with Crippen molar-refractivity contribution in [1.29, 1.82) is 0 Å². The number of anilines is 1. The molecule has 0 heterocycles. The van der Waals surface area contributed by atoms with Crippen LogP contribution in [-0.4, -0.2) is 56.6 Å². The van der Waals surface area contributed by atoms with Gasteiger partial charge in [-0.1, -0.05) is 28.1 Å². The number of hydrogen-bond acceptors (Lipinski definition) is 5. The predicted octanol–water partition coefficient (Wildman–Crippen LogP) is 3.56. The molecule has 0 aliphatic rings. The van der Waals surface area contributed by atoms with E-state index >= 15 is 0 Å². The summed E-state index contributed by atoms with van der Waals surface area (Å²) in [6.07, 6.45) is 1.04. The Kier molecular flexibility index (Phi) is 9.13. The first-order valence-corrected chi connectivity index (χ1v) is 13.3. The largest absolute Gasteiger partial charge is 0.497 e. The fourth-order valence-corrected chi connectivity index (χ4v) is 4.32. The molecule has 2 amide bonds. The van der Waals surface area contributed by atoms with E-state index in [9.17, 15) is 18.0 Å². The standard InChI is InChI=1S/C24H32BrN3O5S/c1-17(23(30)26-24(2,3)4)27(15-18-7-9-19(25)10-8-18)22(29)16-28(34(6,31)32)20-11-13-21(33-5)14-12-20/h7-14,17H,15-16H2,1-6H3,(H,26,30). The molecule has 0 saturated heterocycles. The maximum atomic E-state index is 13.5. The average Bonchev–Trinajstić information content (AvgIpc) is 2.74. The van der Waals surface area contributed by atoms with Crippen LogP contribution in [0.2, 0.25) is 0 Å². The number of carbonyl (C=O) groups excluding carboxylic acids is 2. The lowest BCUT2D eigenvalue weighted by Crippen LogP contribution is -2.54. The third-order valence-electron chi connectivity index (χ3n) is 4.97. The van der Waals surface area contributed by atoms with Crippen LogP contribution in [-0.2, 0) is 26.2 Å². The Hall–Kier alpha value is -2.59. The summed E-state index contributed by atoms with van der Waals surface area (Å²) in [5.41, 5.74) is 0.647. The molecule has 1 N–H and O–H groups in total. The third-order valence-corrected chi connectivity index (χ3v) is 6.64. The van der Waals surface area contributed by atoms with Crippen LogP contribution in [0.25, 0.3) is 0 Å². The van der Waals surface area contributed by atoms with Crippen molar-refractivity contribution in [1.82, 2.24) is 10.2 Å². The second-order valence-electron chi connectivity index (χ2n) is 9.03. The molecule has 0 aliphatic carbocycles. The van der Waals surface area contributed by atoms with Crippen molar-refractivity contribution in [3.05, 3.63) is 58.6 Å². The molecular formula is C24H32BrN3O5S. The molecule has 186 valence electrons. The minimum Gasteiger partial charge on any atom is -0.497 e. The summed E-state index contributed by atoms with van der Waals surface area (Å²) in [5.74, 6) is -0.262. The number of methoxy groups -OCH3 is 1. The highest BCUT2D eigenvalue weighted by atomic mass is 79.9. The molecule has 1 unspecified atom stereocenters. The zero-order valence-electron chi connectivity index (χ0n) is 20.3. The Balaban J connectivity index is 2.38. The smallest absolute Gasteiger partial charge is 0.244 e. The van der Waals surface area contributed by atoms with E-state index < -0.39 is 34.1 Å². The lowest BCUT2D eigenvalue weighted by atomic mass is 10.1. The normalized spacial score (nSPS) is 12.6. The van der Waals surface area contributed by atoms with Gasteiger partial charge >= 0.3 is 0 Å². The summed E-state index contributed by atoms with van der Waals surface area (Å²) in [7, 11) is -2.27. The van der Waals surface area contributed by atoms with Crippen LogP contribution < -0.4 is 14.4 Å².